The third-order valence-corrected chi connectivity index (χ3v) is 11.1. The van der Waals surface area contributed by atoms with Gasteiger partial charge in [0, 0.05) is 50.5 Å². The average Bonchev–Trinajstić information content (AvgIpc) is 3.69. The predicted octanol–water partition coefficient (Wildman–Crippen LogP) is 14.4. The zero-order valence-electron chi connectivity index (χ0n) is 28.8. The molecule has 0 radical (unpaired) electrons. The molecule has 0 spiro atoms. The maximum absolute atomic E-state index is 5.26. The molecule has 0 saturated heterocycles. The van der Waals surface area contributed by atoms with Crippen molar-refractivity contribution in [3.05, 3.63) is 200 Å². The van der Waals surface area contributed by atoms with Crippen LogP contribution in [0.25, 0.3) is 53.1 Å². The van der Waals surface area contributed by atoms with Crippen LogP contribution in [0.2, 0.25) is 0 Å². The lowest BCUT2D eigenvalue weighted by Gasteiger charge is -2.29. The van der Waals surface area contributed by atoms with E-state index in [2.05, 4.69) is 210 Å². The van der Waals surface area contributed by atoms with Crippen LogP contribution in [0.15, 0.2) is 200 Å². The van der Waals surface area contributed by atoms with Crippen LogP contribution < -0.4 is 9.80 Å². The predicted molar refractivity (Wildman–Crippen MR) is 227 cm³/mol. The molecule has 1 heterocycles. The maximum atomic E-state index is 5.26. The van der Waals surface area contributed by atoms with Crippen molar-refractivity contribution in [3.8, 4) is 10.6 Å². The molecule has 10 rings (SSSR count). The van der Waals surface area contributed by atoms with Crippen LogP contribution in [0.4, 0.5) is 34.1 Å². The molecule has 1 aromatic heterocycles. The molecule has 0 aliphatic carbocycles. The van der Waals surface area contributed by atoms with Crippen LogP contribution >= 0.6 is 11.3 Å². The molecule has 10 aromatic rings. The Morgan fingerprint density at radius 3 is 1.49 bits per heavy atom. The molecule has 9 aromatic carbocycles. The summed E-state index contributed by atoms with van der Waals surface area (Å²) in [5.41, 5.74) is 8.71. The van der Waals surface area contributed by atoms with Gasteiger partial charge >= 0.3 is 0 Å². The minimum absolute atomic E-state index is 1.02. The molecule has 4 heteroatoms. The highest BCUT2D eigenvalue weighted by atomic mass is 32.1. The number of aromatic nitrogens is 1. The summed E-state index contributed by atoms with van der Waals surface area (Å²) in [5.74, 6) is 0. The first kappa shape index (κ1) is 31.0. The Balaban J connectivity index is 1.07. The Labute approximate surface area is 312 Å². The molecule has 0 fully saturated rings. The molecule has 0 amide bonds. The number of hydrogen-bond donors (Lipinski definition) is 0. The van der Waals surface area contributed by atoms with Crippen LogP contribution in [0, 0.1) is 0 Å². The van der Waals surface area contributed by atoms with Crippen molar-refractivity contribution in [2.45, 2.75) is 0 Å². The van der Waals surface area contributed by atoms with E-state index in [9.17, 15) is 0 Å². The number of hydrogen-bond acceptors (Lipinski definition) is 4. The van der Waals surface area contributed by atoms with Crippen molar-refractivity contribution in [2.75, 3.05) is 9.80 Å². The van der Waals surface area contributed by atoms with Gasteiger partial charge in [0.1, 0.15) is 5.01 Å². The maximum Gasteiger partial charge on any atom is 0.124 e. The van der Waals surface area contributed by atoms with Crippen LogP contribution in [0.1, 0.15) is 0 Å². The lowest BCUT2D eigenvalue weighted by atomic mass is 10.0. The minimum atomic E-state index is 1.02. The number of fused-ring (bicyclic) bond motifs is 7. The van der Waals surface area contributed by atoms with E-state index in [1.54, 1.807) is 11.3 Å². The molecule has 3 nitrogen and oxygen atoms in total. The monoisotopic (exact) mass is 695 g/mol. The number of thiazole rings is 1. The Hall–Kier alpha value is -6.75. The SMILES string of the molecule is c1ccc(N(c2ccc(-c3nc4c5ccccc5c5ccccc5c4s3)cc2)c2cccc(N(c3ccccc3)c3ccc4ccccc4c3)c2)cc1. The van der Waals surface area contributed by atoms with Gasteiger partial charge in [-0.25, -0.2) is 4.98 Å². The van der Waals surface area contributed by atoms with Crippen molar-refractivity contribution >= 4 is 88.0 Å². The van der Waals surface area contributed by atoms with Gasteiger partial charge in [-0.2, -0.15) is 0 Å². The molecule has 0 aliphatic rings. The van der Waals surface area contributed by atoms with Gasteiger partial charge < -0.3 is 9.80 Å². The van der Waals surface area contributed by atoms with E-state index in [1.807, 2.05) is 0 Å². The van der Waals surface area contributed by atoms with Crippen LogP contribution in [-0.4, -0.2) is 4.98 Å². The summed E-state index contributed by atoms with van der Waals surface area (Å²) in [4.78, 5) is 9.92. The summed E-state index contributed by atoms with van der Waals surface area (Å²) in [7, 11) is 0. The van der Waals surface area contributed by atoms with Crippen molar-refractivity contribution in [3.63, 3.8) is 0 Å². The molecule has 0 atom stereocenters. The van der Waals surface area contributed by atoms with Crippen molar-refractivity contribution < 1.29 is 0 Å². The molecular formula is C49H33N3S. The van der Waals surface area contributed by atoms with E-state index in [0.717, 1.165) is 50.2 Å². The summed E-state index contributed by atoms with van der Waals surface area (Å²) < 4.78 is 1.23. The van der Waals surface area contributed by atoms with E-state index in [-0.39, 0.29) is 0 Å². The third-order valence-electron chi connectivity index (χ3n) is 10.0. The van der Waals surface area contributed by atoms with Crippen molar-refractivity contribution in [1.29, 1.82) is 0 Å². The topological polar surface area (TPSA) is 19.4 Å². The highest BCUT2D eigenvalue weighted by Crippen LogP contribution is 2.43. The lowest BCUT2D eigenvalue weighted by molar-refractivity contribution is 1.25. The fraction of sp³-hybridized carbons (Fsp3) is 0. The Bertz CT molecular complexity index is 2830. The van der Waals surface area contributed by atoms with Gasteiger partial charge in [-0.05, 0) is 100 Å². The second-order valence-corrected chi connectivity index (χ2v) is 14.2. The van der Waals surface area contributed by atoms with Gasteiger partial charge in [0.2, 0.25) is 0 Å². The van der Waals surface area contributed by atoms with Gasteiger partial charge in [-0.3, -0.25) is 0 Å². The highest BCUT2D eigenvalue weighted by Gasteiger charge is 2.19. The number of rotatable bonds is 7. The standard InChI is InChI=1S/C49H33N3S/c1-3-16-37(17-4-1)51(40-20-13-21-41(33-40)52(38-18-5-2-6-19-38)42-31-26-34-14-7-8-15-36(34)32-42)39-29-27-35(28-30-39)49-50-47-45-24-11-9-22-43(45)44-23-10-12-25-46(44)48(47)53-49/h1-33H. The summed E-state index contributed by atoms with van der Waals surface area (Å²) in [6, 6.07) is 71.4. The first-order chi connectivity index (χ1) is 26.3. The first-order valence-electron chi connectivity index (χ1n) is 17.9. The van der Waals surface area contributed by atoms with Crippen molar-refractivity contribution in [2.24, 2.45) is 0 Å². The van der Waals surface area contributed by atoms with Crippen LogP contribution in [0.3, 0.4) is 0 Å². The average molecular weight is 696 g/mol. The lowest BCUT2D eigenvalue weighted by Crippen LogP contribution is -2.13. The normalized spacial score (nSPS) is 11.4. The van der Waals surface area contributed by atoms with E-state index in [4.69, 9.17) is 4.98 Å². The summed E-state index contributed by atoms with van der Waals surface area (Å²) in [6.07, 6.45) is 0. The van der Waals surface area contributed by atoms with Gasteiger partial charge in [-0.1, -0.05) is 121 Å². The molecular weight excluding hydrogens is 663 g/mol. The van der Waals surface area contributed by atoms with E-state index < -0.39 is 0 Å². The Morgan fingerprint density at radius 2 is 0.811 bits per heavy atom. The van der Waals surface area contributed by atoms with Gasteiger partial charge in [-0.15, -0.1) is 11.3 Å². The Kier molecular flexibility index (Phi) is 7.67. The van der Waals surface area contributed by atoms with E-state index in [0.29, 0.717) is 0 Å². The van der Waals surface area contributed by atoms with Crippen LogP contribution in [0.5, 0.6) is 0 Å². The zero-order valence-corrected chi connectivity index (χ0v) is 29.6. The molecule has 0 saturated carbocycles. The molecule has 0 unspecified atom stereocenters. The van der Waals surface area contributed by atoms with Crippen LogP contribution in [-0.2, 0) is 0 Å². The summed E-state index contributed by atoms with van der Waals surface area (Å²) in [5, 5.41) is 8.43. The van der Waals surface area contributed by atoms with Crippen molar-refractivity contribution in [1.82, 2.24) is 4.98 Å². The molecule has 0 aliphatic heterocycles. The third kappa shape index (κ3) is 5.57. The van der Waals surface area contributed by atoms with Gasteiger partial charge in [0.25, 0.3) is 0 Å². The summed E-state index contributed by atoms with van der Waals surface area (Å²) in [6.45, 7) is 0. The molecule has 250 valence electrons. The number of para-hydroxylation sites is 2. The van der Waals surface area contributed by atoms with E-state index >= 15 is 0 Å². The zero-order chi connectivity index (χ0) is 35.1. The largest absolute Gasteiger partial charge is 0.310 e. The second-order valence-electron chi connectivity index (χ2n) is 13.2. The Morgan fingerprint density at radius 1 is 0.340 bits per heavy atom. The highest BCUT2D eigenvalue weighted by molar-refractivity contribution is 7.22. The fourth-order valence-electron chi connectivity index (χ4n) is 7.54. The fourth-order valence-corrected chi connectivity index (χ4v) is 8.66. The number of benzene rings is 9. The number of anilines is 6. The molecule has 0 N–H and O–H groups in total. The quantitative estimate of drug-likeness (QED) is 0.155. The molecule has 0 bridgehead atoms. The molecule has 53 heavy (non-hydrogen) atoms. The minimum Gasteiger partial charge on any atom is -0.310 e. The first-order valence-corrected chi connectivity index (χ1v) is 18.7. The van der Waals surface area contributed by atoms with Gasteiger partial charge in [0.05, 0.1) is 10.2 Å². The van der Waals surface area contributed by atoms with E-state index in [1.165, 1.54) is 37.0 Å². The summed E-state index contributed by atoms with van der Waals surface area (Å²) >= 11 is 1.77. The number of nitrogens with zero attached hydrogens (tertiary/aromatic N) is 3. The second kappa shape index (κ2) is 13.1. The van der Waals surface area contributed by atoms with Gasteiger partial charge in [0.15, 0.2) is 0 Å². The smallest absolute Gasteiger partial charge is 0.124 e.